The van der Waals surface area contributed by atoms with Gasteiger partial charge in [0.15, 0.2) is 0 Å². The van der Waals surface area contributed by atoms with E-state index in [-0.39, 0.29) is 23.8 Å². The number of hydrogen-bond acceptors (Lipinski definition) is 3. The van der Waals surface area contributed by atoms with E-state index in [2.05, 4.69) is 5.32 Å². The number of primary amides is 1. The number of carbonyl (C=O) groups is 2. The van der Waals surface area contributed by atoms with Crippen LogP contribution in [0.3, 0.4) is 0 Å². The van der Waals surface area contributed by atoms with E-state index in [1.54, 1.807) is 0 Å². The fourth-order valence-electron chi connectivity index (χ4n) is 2.75. The molecule has 2 rings (SSSR count). The molecule has 96 valence electrons. The van der Waals surface area contributed by atoms with Crippen molar-refractivity contribution in [2.45, 2.75) is 38.1 Å². The Morgan fingerprint density at radius 2 is 1.88 bits per heavy atom. The first-order chi connectivity index (χ1) is 8.18. The topological polar surface area (TPSA) is 75.4 Å². The Balaban J connectivity index is 1.91. The van der Waals surface area contributed by atoms with Gasteiger partial charge in [0.05, 0.1) is 0 Å². The molecule has 0 aromatic rings. The molecule has 2 aliphatic rings. The van der Waals surface area contributed by atoms with E-state index in [0.717, 1.165) is 25.7 Å². The summed E-state index contributed by atoms with van der Waals surface area (Å²) in [6.45, 7) is 1.79. The summed E-state index contributed by atoms with van der Waals surface area (Å²) in [5, 5.41) is 3.04. The number of nitrogens with two attached hydrogens (primary N) is 1. The first kappa shape index (κ1) is 12.4. The van der Waals surface area contributed by atoms with Gasteiger partial charge in [0.1, 0.15) is 6.04 Å². The smallest absolute Gasteiger partial charge is 0.236 e. The molecular formula is C12H21N3O2. The molecule has 0 spiro atoms. The maximum atomic E-state index is 12.3. The van der Waals surface area contributed by atoms with Crippen molar-refractivity contribution < 1.29 is 9.59 Å². The van der Waals surface area contributed by atoms with Gasteiger partial charge in [-0.05, 0) is 12.8 Å². The summed E-state index contributed by atoms with van der Waals surface area (Å²) in [4.78, 5) is 25.2. The van der Waals surface area contributed by atoms with E-state index in [1.165, 1.54) is 6.42 Å². The highest BCUT2D eigenvalue weighted by Gasteiger charge is 2.31. The lowest BCUT2D eigenvalue weighted by atomic mass is 9.88. The van der Waals surface area contributed by atoms with Gasteiger partial charge >= 0.3 is 0 Å². The van der Waals surface area contributed by atoms with Gasteiger partial charge in [-0.2, -0.15) is 0 Å². The lowest BCUT2D eigenvalue weighted by molar-refractivity contribution is -0.138. The summed E-state index contributed by atoms with van der Waals surface area (Å²) in [6, 6.07) is -0.378. The highest BCUT2D eigenvalue weighted by molar-refractivity contribution is 5.83. The molecule has 2 amide bonds. The van der Waals surface area contributed by atoms with Crippen LogP contribution in [0.25, 0.3) is 0 Å². The number of carbonyl (C=O) groups excluding carboxylic acids is 2. The average molecular weight is 239 g/mol. The third-order valence-corrected chi connectivity index (χ3v) is 3.78. The van der Waals surface area contributed by atoms with Gasteiger partial charge in [0.2, 0.25) is 11.8 Å². The van der Waals surface area contributed by atoms with Crippen molar-refractivity contribution in [3.8, 4) is 0 Å². The molecule has 17 heavy (non-hydrogen) atoms. The number of piperazine rings is 1. The van der Waals surface area contributed by atoms with Gasteiger partial charge in [-0.25, -0.2) is 0 Å². The molecular weight excluding hydrogens is 218 g/mol. The number of amides is 2. The van der Waals surface area contributed by atoms with E-state index in [0.29, 0.717) is 19.6 Å². The molecule has 1 aliphatic carbocycles. The van der Waals surface area contributed by atoms with Crippen LogP contribution in [-0.4, -0.2) is 42.4 Å². The minimum atomic E-state index is -0.378. The van der Waals surface area contributed by atoms with Crippen molar-refractivity contribution in [1.82, 2.24) is 10.2 Å². The Hall–Kier alpha value is -1.10. The predicted molar refractivity (Wildman–Crippen MR) is 64.1 cm³/mol. The lowest BCUT2D eigenvalue weighted by Gasteiger charge is -2.35. The average Bonchev–Trinajstić information content (AvgIpc) is 2.39. The molecule has 5 nitrogen and oxygen atoms in total. The maximum absolute atomic E-state index is 12.3. The summed E-state index contributed by atoms with van der Waals surface area (Å²) in [6.07, 6.45) is 5.56. The Bertz CT molecular complexity index is 300. The molecule has 1 aliphatic heterocycles. The molecule has 0 aromatic heterocycles. The van der Waals surface area contributed by atoms with Crippen LogP contribution in [0, 0.1) is 5.92 Å². The van der Waals surface area contributed by atoms with E-state index >= 15 is 0 Å². The van der Waals surface area contributed by atoms with Crippen molar-refractivity contribution in [2.24, 2.45) is 11.7 Å². The highest BCUT2D eigenvalue weighted by Crippen LogP contribution is 2.25. The Labute approximate surface area is 102 Å². The SMILES string of the molecule is NC(=O)[C@@H]1CN(C(=O)C2CCCCC2)CCN1. The molecule has 1 atom stereocenters. The van der Waals surface area contributed by atoms with Gasteiger partial charge in [-0.3, -0.25) is 9.59 Å². The standard InChI is InChI=1S/C12H21N3O2/c13-11(16)10-8-15(7-6-14-10)12(17)9-4-2-1-3-5-9/h9-10,14H,1-8H2,(H2,13,16)/t10-/m0/s1. The molecule has 3 N–H and O–H groups in total. The second-order valence-electron chi connectivity index (χ2n) is 5.03. The molecule has 0 radical (unpaired) electrons. The van der Waals surface area contributed by atoms with Crippen LogP contribution >= 0.6 is 0 Å². The molecule has 0 unspecified atom stereocenters. The third kappa shape index (κ3) is 2.97. The summed E-state index contributed by atoms with van der Waals surface area (Å²) < 4.78 is 0. The predicted octanol–water partition coefficient (Wildman–Crippen LogP) is -0.148. The summed E-state index contributed by atoms with van der Waals surface area (Å²) in [5.41, 5.74) is 5.27. The van der Waals surface area contributed by atoms with Crippen LogP contribution in [0.1, 0.15) is 32.1 Å². The van der Waals surface area contributed by atoms with Gasteiger partial charge < -0.3 is 16.0 Å². The summed E-state index contributed by atoms with van der Waals surface area (Å²) in [7, 11) is 0. The first-order valence-electron chi connectivity index (χ1n) is 6.50. The number of nitrogens with one attached hydrogen (secondary N) is 1. The molecule has 1 saturated heterocycles. The highest BCUT2D eigenvalue weighted by atomic mass is 16.2. The molecule has 5 heteroatoms. The zero-order valence-corrected chi connectivity index (χ0v) is 10.2. The zero-order chi connectivity index (χ0) is 12.3. The van der Waals surface area contributed by atoms with E-state index < -0.39 is 0 Å². The zero-order valence-electron chi connectivity index (χ0n) is 10.2. The lowest BCUT2D eigenvalue weighted by Crippen LogP contribution is -2.58. The summed E-state index contributed by atoms with van der Waals surface area (Å²) >= 11 is 0. The number of nitrogens with zero attached hydrogens (tertiary/aromatic N) is 1. The van der Waals surface area contributed by atoms with Gasteiger partial charge in [-0.1, -0.05) is 19.3 Å². The van der Waals surface area contributed by atoms with Crippen molar-refractivity contribution >= 4 is 11.8 Å². The molecule has 1 heterocycles. The first-order valence-corrected chi connectivity index (χ1v) is 6.50. The van der Waals surface area contributed by atoms with E-state index in [1.807, 2.05) is 4.90 Å². The van der Waals surface area contributed by atoms with Gasteiger partial charge in [0, 0.05) is 25.6 Å². The maximum Gasteiger partial charge on any atom is 0.236 e. The fourth-order valence-corrected chi connectivity index (χ4v) is 2.75. The molecule has 0 bridgehead atoms. The fraction of sp³-hybridized carbons (Fsp3) is 0.833. The van der Waals surface area contributed by atoms with E-state index in [4.69, 9.17) is 5.73 Å². The van der Waals surface area contributed by atoms with Crippen molar-refractivity contribution in [3.63, 3.8) is 0 Å². The Morgan fingerprint density at radius 3 is 2.53 bits per heavy atom. The molecule has 1 saturated carbocycles. The summed E-state index contributed by atoms with van der Waals surface area (Å²) in [5.74, 6) is 0.0268. The second kappa shape index (κ2) is 5.49. The van der Waals surface area contributed by atoms with Crippen molar-refractivity contribution in [3.05, 3.63) is 0 Å². The van der Waals surface area contributed by atoms with Crippen LogP contribution in [0.2, 0.25) is 0 Å². The molecule has 0 aromatic carbocycles. The monoisotopic (exact) mass is 239 g/mol. The van der Waals surface area contributed by atoms with Crippen LogP contribution in [0.15, 0.2) is 0 Å². The minimum absolute atomic E-state index is 0.176. The second-order valence-corrected chi connectivity index (χ2v) is 5.03. The van der Waals surface area contributed by atoms with Gasteiger partial charge in [-0.15, -0.1) is 0 Å². The Morgan fingerprint density at radius 1 is 1.18 bits per heavy atom. The minimum Gasteiger partial charge on any atom is -0.368 e. The van der Waals surface area contributed by atoms with Crippen LogP contribution in [0.4, 0.5) is 0 Å². The third-order valence-electron chi connectivity index (χ3n) is 3.78. The number of rotatable bonds is 2. The quantitative estimate of drug-likeness (QED) is 0.704. The largest absolute Gasteiger partial charge is 0.368 e. The number of hydrogen-bond donors (Lipinski definition) is 2. The van der Waals surface area contributed by atoms with Crippen molar-refractivity contribution in [1.29, 1.82) is 0 Å². The van der Waals surface area contributed by atoms with Crippen LogP contribution < -0.4 is 11.1 Å². The van der Waals surface area contributed by atoms with Crippen LogP contribution in [-0.2, 0) is 9.59 Å². The molecule has 2 fully saturated rings. The van der Waals surface area contributed by atoms with Crippen molar-refractivity contribution in [2.75, 3.05) is 19.6 Å². The van der Waals surface area contributed by atoms with E-state index in [9.17, 15) is 9.59 Å². The Kier molecular flexibility index (Phi) is 3.99. The van der Waals surface area contributed by atoms with Gasteiger partial charge in [0.25, 0.3) is 0 Å². The normalized spacial score (nSPS) is 26.8. The van der Waals surface area contributed by atoms with Crippen LogP contribution in [0.5, 0.6) is 0 Å².